The Morgan fingerprint density at radius 1 is 1.25 bits per heavy atom. The lowest BCUT2D eigenvalue weighted by Gasteiger charge is -2.30. The molecule has 68 valence electrons. The SMILES string of the molecule is C=C[C@@]12O[C@]1(Cl)CCCC2(Cl)Cl. The van der Waals surface area contributed by atoms with Gasteiger partial charge in [-0.05, 0) is 19.3 Å². The molecule has 0 bridgehead atoms. The van der Waals surface area contributed by atoms with Gasteiger partial charge in [0.15, 0.2) is 15.0 Å². The number of ether oxygens (including phenoxy) is 1. The molecule has 2 aliphatic rings. The zero-order chi connectivity index (χ0) is 9.04. The second-order valence-corrected chi connectivity index (χ2v) is 5.42. The van der Waals surface area contributed by atoms with Crippen molar-refractivity contribution in [1.29, 1.82) is 0 Å². The summed E-state index contributed by atoms with van der Waals surface area (Å²) in [6.07, 6.45) is 4.02. The van der Waals surface area contributed by atoms with Crippen LogP contribution in [0.5, 0.6) is 0 Å². The second kappa shape index (κ2) is 2.33. The lowest BCUT2D eigenvalue weighted by Crippen LogP contribution is -2.41. The maximum Gasteiger partial charge on any atom is 0.178 e. The van der Waals surface area contributed by atoms with Crippen LogP contribution in [-0.2, 0) is 4.74 Å². The summed E-state index contributed by atoms with van der Waals surface area (Å²) in [5, 5.41) is -0.684. The fraction of sp³-hybridized carbons (Fsp3) is 0.750. The summed E-state index contributed by atoms with van der Waals surface area (Å²) in [6, 6.07) is 0. The molecule has 0 unspecified atom stereocenters. The highest BCUT2D eigenvalue weighted by Gasteiger charge is 2.78. The first-order valence-electron chi connectivity index (χ1n) is 3.88. The maximum atomic E-state index is 6.13. The lowest BCUT2D eigenvalue weighted by atomic mass is 9.87. The smallest absolute Gasteiger partial charge is 0.178 e. The maximum absolute atomic E-state index is 6.13. The third-order valence-corrected chi connectivity index (χ3v) is 4.14. The topological polar surface area (TPSA) is 12.5 Å². The molecule has 0 spiro atoms. The molecule has 1 saturated carbocycles. The van der Waals surface area contributed by atoms with E-state index in [0.29, 0.717) is 6.42 Å². The number of epoxide rings is 1. The Bertz CT molecular complexity index is 240. The molecule has 0 aromatic rings. The van der Waals surface area contributed by atoms with Crippen molar-refractivity contribution in [2.45, 2.75) is 34.3 Å². The fourth-order valence-electron chi connectivity index (χ4n) is 1.88. The van der Waals surface area contributed by atoms with Crippen LogP contribution in [0.4, 0.5) is 0 Å². The van der Waals surface area contributed by atoms with Gasteiger partial charge in [-0.15, -0.1) is 0 Å². The van der Waals surface area contributed by atoms with E-state index < -0.39 is 15.0 Å². The first-order chi connectivity index (χ1) is 5.47. The first-order valence-corrected chi connectivity index (χ1v) is 5.01. The van der Waals surface area contributed by atoms with Gasteiger partial charge in [-0.3, -0.25) is 0 Å². The molecule has 0 radical (unpaired) electrons. The van der Waals surface area contributed by atoms with Gasteiger partial charge in [0, 0.05) is 0 Å². The van der Waals surface area contributed by atoms with Gasteiger partial charge in [0.2, 0.25) is 0 Å². The molecule has 2 rings (SSSR count). The molecule has 0 N–H and O–H groups in total. The molecule has 1 heterocycles. The Kier molecular flexibility index (Phi) is 1.77. The van der Waals surface area contributed by atoms with E-state index in [-0.39, 0.29) is 0 Å². The zero-order valence-electron chi connectivity index (χ0n) is 6.45. The van der Waals surface area contributed by atoms with E-state index in [4.69, 9.17) is 39.5 Å². The molecular formula is C8H9Cl3O. The Labute approximate surface area is 86.6 Å². The van der Waals surface area contributed by atoms with E-state index in [9.17, 15) is 0 Å². The Morgan fingerprint density at radius 3 is 2.33 bits per heavy atom. The van der Waals surface area contributed by atoms with E-state index >= 15 is 0 Å². The monoisotopic (exact) mass is 226 g/mol. The molecule has 0 amide bonds. The third kappa shape index (κ3) is 0.859. The summed E-state index contributed by atoms with van der Waals surface area (Å²) < 4.78 is 4.49. The van der Waals surface area contributed by atoms with E-state index in [0.717, 1.165) is 12.8 Å². The summed E-state index contributed by atoms with van der Waals surface area (Å²) in [7, 11) is 0. The van der Waals surface area contributed by atoms with Crippen molar-refractivity contribution >= 4 is 34.8 Å². The third-order valence-electron chi connectivity index (χ3n) is 2.66. The molecule has 1 aliphatic carbocycles. The summed E-state index contributed by atoms with van der Waals surface area (Å²) >= 11 is 18.3. The van der Waals surface area contributed by atoms with Crippen LogP contribution in [0, 0.1) is 0 Å². The van der Waals surface area contributed by atoms with Crippen LogP contribution in [0.2, 0.25) is 0 Å². The standard InChI is InChI=1S/C8H9Cl3O/c1-2-6-7(9,10)4-3-5-8(6,11)12-6/h2H,1,3-5H2/t6-,8+/m0/s1. The molecule has 1 nitrogen and oxygen atoms in total. The quantitative estimate of drug-likeness (QED) is 0.381. The van der Waals surface area contributed by atoms with E-state index in [1.165, 1.54) is 0 Å². The highest BCUT2D eigenvalue weighted by Crippen LogP contribution is 2.68. The first kappa shape index (κ1) is 9.14. The summed E-state index contributed by atoms with van der Waals surface area (Å²) in [4.78, 5) is 0. The van der Waals surface area contributed by atoms with Crippen molar-refractivity contribution in [2.75, 3.05) is 0 Å². The molecule has 0 aromatic carbocycles. The molecule has 2 atom stereocenters. The van der Waals surface area contributed by atoms with Gasteiger partial charge in [0.25, 0.3) is 0 Å². The molecule has 12 heavy (non-hydrogen) atoms. The fourth-order valence-corrected chi connectivity index (χ4v) is 3.28. The zero-order valence-corrected chi connectivity index (χ0v) is 8.72. The van der Waals surface area contributed by atoms with Gasteiger partial charge in [0.05, 0.1) is 0 Å². The van der Waals surface area contributed by atoms with Crippen molar-refractivity contribution in [2.24, 2.45) is 0 Å². The van der Waals surface area contributed by atoms with Crippen molar-refractivity contribution in [3.8, 4) is 0 Å². The van der Waals surface area contributed by atoms with Gasteiger partial charge < -0.3 is 4.74 Å². The minimum atomic E-state index is -0.908. The molecule has 1 saturated heterocycles. The van der Waals surface area contributed by atoms with Gasteiger partial charge in [0.1, 0.15) is 0 Å². The predicted octanol–water partition coefficient (Wildman–Crippen LogP) is 3.23. The minimum absolute atomic E-state index is 0.684. The normalized spacial score (nSPS) is 49.6. The minimum Gasteiger partial charge on any atom is -0.338 e. The highest BCUT2D eigenvalue weighted by molar-refractivity contribution is 6.51. The van der Waals surface area contributed by atoms with E-state index in [2.05, 4.69) is 6.58 Å². The number of alkyl halides is 3. The van der Waals surface area contributed by atoms with Crippen LogP contribution in [0.25, 0.3) is 0 Å². The number of fused-ring (bicyclic) bond motifs is 1. The van der Waals surface area contributed by atoms with Crippen LogP contribution >= 0.6 is 34.8 Å². The number of hydrogen-bond donors (Lipinski definition) is 0. The van der Waals surface area contributed by atoms with Gasteiger partial charge in [-0.2, -0.15) is 0 Å². The van der Waals surface area contributed by atoms with Gasteiger partial charge in [-0.1, -0.05) is 47.5 Å². The Morgan fingerprint density at radius 2 is 1.92 bits per heavy atom. The number of halogens is 3. The Balaban J connectivity index is 2.36. The molecule has 2 fully saturated rings. The van der Waals surface area contributed by atoms with Crippen LogP contribution in [-0.4, -0.2) is 15.0 Å². The van der Waals surface area contributed by atoms with Crippen molar-refractivity contribution in [1.82, 2.24) is 0 Å². The summed E-state index contributed by atoms with van der Waals surface area (Å²) in [5.41, 5.74) is -0.719. The van der Waals surface area contributed by atoms with Crippen molar-refractivity contribution in [3.63, 3.8) is 0 Å². The van der Waals surface area contributed by atoms with E-state index in [1.807, 2.05) is 0 Å². The molecule has 0 aromatic heterocycles. The van der Waals surface area contributed by atoms with Gasteiger partial charge >= 0.3 is 0 Å². The van der Waals surface area contributed by atoms with Crippen LogP contribution in [0.3, 0.4) is 0 Å². The van der Waals surface area contributed by atoms with Gasteiger partial charge in [-0.25, -0.2) is 0 Å². The predicted molar refractivity (Wildman–Crippen MR) is 50.9 cm³/mol. The largest absolute Gasteiger partial charge is 0.338 e. The number of hydrogen-bond acceptors (Lipinski definition) is 1. The average molecular weight is 228 g/mol. The van der Waals surface area contributed by atoms with E-state index in [1.54, 1.807) is 6.08 Å². The highest BCUT2D eigenvalue weighted by atomic mass is 35.5. The molecule has 4 heteroatoms. The molecule has 1 aliphatic heterocycles. The van der Waals surface area contributed by atoms with Crippen molar-refractivity contribution in [3.05, 3.63) is 12.7 Å². The van der Waals surface area contributed by atoms with Crippen molar-refractivity contribution < 1.29 is 4.74 Å². The Hall–Kier alpha value is 0.570. The van der Waals surface area contributed by atoms with Crippen LogP contribution < -0.4 is 0 Å². The lowest BCUT2D eigenvalue weighted by molar-refractivity contribution is 0.312. The average Bonchev–Trinajstić information content (AvgIpc) is 2.58. The number of rotatable bonds is 1. The second-order valence-electron chi connectivity index (χ2n) is 3.33. The van der Waals surface area contributed by atoms with Crippen LogP contribution in [0.15, 0.2) is 12.7 Å². The van der Waals surface area contributed by atoms with Crippen LogP contribution in [0.1, 0.15) is 19.3 Å². The summed E-state index contributed by atoms with van der Waals surface area (Å²) in [5.74, 6) is 0. The summed E-state index contributed by atoms with van der Waals surface area (Å²) in [6.45, 7) is 3.66. The molecular weight excluding hydrogens is 218 g/mol.